The van der Waals surface area contributed by atoms with E-state index in [4.69, 9.17) is 21.6 Å². The second-order valence-corrected chi connectivity index (χ2v) is 6.22. The highest BCUT2D eigenvalue weighted by Gasteiger charge is 2.25. The fraction of sp³-hybridized carbons (Fsp3) is 0.444. The lowest BCUT2D eigenvalue weighted by Gasteiger charge is -2.30. The highest BCUT2D eigenvalue weighted by atomic mass is 32.1. The van der Waals surface area contributed by atoms with Crippen molar-refractivity contribution in [2.45, 2.75) is 19.4 Å². The average Bonchev–Trinajstić information content (AvgIpc) is 2.67. The molecule has 1 aliphatic rings. The van der Waals surface area contributed by atoms with E-state index in [1.54, 1.807) is 32.3 Å². The standard InChI is InChI=1S/C17H26N6O2.CH4S/c1-17(2,24)13-10-15(23-6-8-25-9-7-23)22-16(12(13)11-19)21-14(20)4-3-5-18;1-2/h3-5,10-11,19,24H,6-9,18,20H2,1-2H3,(H,21,22);2H,1H3/b5-3-,14-4+,19-11?;. The number of morpholine rings is 1. The summed E-state index contributed by atoms with van der Waals surface area (Å²) in [5, 5.41) is 21.3. The van der Waals surface area contributed by atoms with Crippen LogP contribution in [0.5, 0.6) is 0 Å². The van der Waals surface area contributed by atoms with Gasteiger partial charge in [-0.05, 0) is 50.1 Å². The second-order valence-electron chi connectivity index (χ2n) is 6.22. The SMILES string of the molecule is CC(C)(O)c1cc(N2CCOCC2)nc(N/C(N)=C/C=C\N)c1C=N.CS. The number of hydrogen-bond donors (Lipinski definition) is 6. The van der Waals surface area contributed by atoms with Gasteiger partial charge in [0, 0.05) is 24.9 Å². The summed E-state index contributed by atoms with van der Waals surface area (Å²) < 4.78 is 5.38. The van der Waals surface area contributed by atoms with Crippen LogP contribution in [0, 0.1) is 5.41 Å². The molecule has 2 heterocycles. The number of thiol groups is 1. The second kappa shape index (κ2) is 10.8. The fourth-order valence-electron chi connectivity index (χ4n) is 2.58. The number of nitrogens with zero attached hydrogens (tertiary/aromatic N) is 2. The topological polar surface area (TPSA) is 134 Å². The summed E-state index contributed by atoms with van der Waals surface area (Å²) in [6, 6.07) is 1.82. The van der Waals surface area contributed by atoms with E-state index in [-0.39, 0.29) is 0 Å². The normalized spacial score (nSPS) is 15.3. The third-order valence-electron chi connectivity index (χ3n) is 3.83. The van der Waals surface area contributed by atoms with Gasteiger partial charge in [0.15, 0.2) is 0 Å². The first-order chi connectivity index (χ1) is 12.9. The molecule has 27 heavy (non-hydrogen) atoms. The number of ether oxygens (including phenoxy) is 1. The van der Waals surface area contributed by atoms with Crippen molar-refractivity contribution in [1.29, 1.82) is 5.41 Å². The van der Waals surface area contributed by atoms with Gasteiger partial charge in [0.25, 0.3) is 0 Å². The average molecular weight is 395 g/mol. The molecule has 1 saturated heterocycles. The van der Waals surface area contributed by atoms with Crippen LogP contribution in [0.15, 0.2) is 30.2 Å². The third-order valence-corrected chi connectivity index (χ3v) is 3.83. The lowest BCUT2D eigenvalue weighted by Crippen LogP contribution is -2.37. The van der Waals surface area contributed by atoms with E-state index in [0.717, 1.165) is 6.21 Å². The van der Waals surface area contributed by atoms with Gasteiger partial charge in [0.1, 0.15) is 17.5 Å². The van der Waals surface area contributed by atoms with Gasteiger partial charge in [-0.2, -0.15) is 12.6 Å². The van der Waals surface area contributed by atoms with Crippen LogP contribution in [-0.4, -0.2) is 48.9 Å². The summed E-state index contributed by atoms with van der Waals surface area (Å²) in [5.74, 6) is 1.45. The van der Waals surface area contributed by atoms with E-state index in [2.05, 4.69) is 27.8 Å². The highest BCUT2D eigenvalue weighted by Crippen LogP contribution is 2.31. The minimum atomic E-state index is -1.14. The summed E-state index contributed by atoms with van der Waals surface area (Å²) in [7, 11) is 0. The zero-order chi connectivity index (χ0) is 20.4. The molecule has 0 aromatic carbocycles. The van der Waals surface area contributed by atoms with Crippen molar-refractivity contribution in [3.63, 3.8) is 0 Å². The van der Waals surface area contributed by atoms with Crippen molar-refractivity contribution in [1.82, 2.24) is 4.98 Å². The number of rotatable bonds is 6. The Labute approximate surface area is 166 Å². The van der Waals surface area contributed by atoms with Gasteiger partial charge in [0.05, 0.1) is 18.8 Å². The van der Waals surface area contributed by atoms with E-state index in [0.29, 0.717) is 54.9 Å². The molecule has 0 saturated carbocycles. The lowest BCUT2D eigenvalue weighted by molar-refractivity contribution is 0.0784. The Balaban J connectivity index is 0.00000176. The molecule has 9 heteroatoms. The summed E-state index contributed by atoms with van der Waals surface area (Å²) in [4.78, 5) is 6.69. The number of anilines is 2. The Morgan fingerprint density at radius 2 is 2.04 bits per heavy atom. The van der Waals surface area contributed by atoms with Crippen LogP contribution in [0.1, 0.15) is 25.0 Å². The number of allylic oxidation sites excluding steroid dienone is 2. The molecule has 0 amide bonds. The largest absolute Gasteiger partial charge is 0.405 e. The molecular weight excluding hydrogens is 364 g/mol. The van der Waals surface area contributed by atoms with Crippen molar-refractivity contribution in [2.24, 2.45) is 11.5 Å². The number of nitrogens with one attached hydrogen (secondary N) is 2. The molecule has 0 aliphatic carbocycles. The van der Waals surface area contributed by atoms with Crippen LogP contribution in [0.2, 0.25) is 0 Å². The predicted octanol–water partition coefficient (Wildman–Crippen LogP) is 1.37. The van der Waals surface area contributed by atoms with Gasteiger partial charge in [0.2, 0.25) is 0 Å². The first-order valence-electron chi connectivity index (χ1n) is 8.53. The fourth-order valence-corrected chi connectivity index (χ4v) is 2.58. The van der Waals surface area contributed by atoms with Crippen molar-refractivity contribution >= 4 is 30.5 Å². The Morgan fingerprint density at radius 1 is 1.41 bits per heavy atom. The molecule has 0 spiro atoms. The van der Waals surface area contributed by atoms with E-state index >= 15 is 0 Å². The number of hydrogen-bond acceptors (Lipinski definition) is 9. The molecular formula is C18H30N6O2S. The van der Waals surface area contributed by atoms with Crippen molar-refractivity contribution < 1.29 is 9.84 Å². The zero-order valence-electron chi connectivity index (χ0n) is 16.1. The molecule has 0 bridgehead atoms. The maximum atomic E-state index is 10.5. The van der Waals surface area contributed by atoms with Gasteiger partial charge in [-0.15, -0.1) is 0 Å². The van der Waals surface area contributed by atoms with E-state index in [1.807, 2.05) is 6.07 Å². The smallest absolute Gasteiger partial charge is 0.143 e. The quantitative estimate of drug-likeness (QED) is 0.244. The number of pyridine rings is 1. The van der Waals surface area contributed by atoms with Gasteiger partial charge < -0.3 is 36.9 Å². The molecule has 7 N–H and O–H groups in total. The number of aliphatic hydroxyl groups is 1. The van der Waals surface area contributed by atoms with Crippen LogP contribution >= 0.6 is 12.6 Å². The van der Waals surface area contributed by atoms with Gasteiger partial charge >= 0.3 is 0 Å². The van der Waals surface area contributed by atoms with Crippen molar-refractivity contribution in [3.8, 4) is 0 Å². The first-order valence-corrected chi connectivity index (χ1v) is 9.43. The Hall–Kier alpha value is -2.23. The Bertz CT molecular complexity index is 679. The first kappa shape index (κ1) is 22.8. The summed E-state index contributed by atoms with van der Waals surface area (Å²) in [6.45, 7) is 6.03. The maximum Gasteiger partial charge on any atom is 0.143 e. The zero-order valence-corrected chi connectivity index (χ0v) is 17.0. The van der Waals surface area contributed by atoms with E-state index < -0.39 is 5.60 Å². The summed E-state index contributed by atoms with van der Waals surface area (Å²) in [5.41, 5.74) is 11.2. The van der Waals surface area contributed by atoms with E-state index in [1.165, 1.54) is 6.20 Å². The molecule has 2 rings (SSSR count). The van der Waals surface area contributed by atoms with Crippen LogP contribution in [0.4, 0.5) is 11.6 Å². The molecule has 8 nitrogen and oxygen atoms in total. The van der Waals surface area contributed by atoms with Gasteiger partial charge in [-0.1, -0.05) is 0 Å². The molecule has 1 aromatic rings. The van der Waals surface area contributed by atoms with Crippen LogP contribution < -0.4 is 21.7 Å². The predicted molar refractivity (Wildman–Crippen MR) is 115 cm³/mol. The maximum absolute atomic E-state index is 10.5. The molecule has 0 unspecified atom stereocenters. The van der Waals surface area contributed by atoms with Crippen molar-refractivity contribution in [3.05, 3.63) is 41.4 Å². The minimum absolute atomic E-state index is 0.332. The lowest BCUT2D eigenvalue weighted by atomic mass is 9.94. The Morgan fingerprint density at radius 3 is 2.56 bits per heavy atom. The monoisotopic (exact) mass is 394 g/mol. The third kappa shape index (κ3) is 6.46. The number of aromatic nitrogens is 1. The van der Waals surface area contributed by atoms with Crippen molar-refractivity contribution in [2.75, 3.05) is 42.8 Å². The van der Waals surface area contributed by atoms with Gasteiger partial charge in [-0.3, -0.25) is 0 Å². The highest BCUT2D eigenvalue weighted by molar-refractivity contribution is 7.79. The number of nitrogens with two attached hydrogens (primary N) is 2. The Kier molecular flexibility index (Phi) is 9.13. The summed E-state index contributed by atoms with van der Waals surface area (Å²) >= 11 is 3.53. The van der Waals surface area contributed by atoms with E-state index in [9.17, 15) is 5.11 Å². The molecule has 1 fully saturated rings. The van der Waals surface area contributed by atoms with Crippen LogP contribution in [0.3, 0.4) is 0 Å². The molecule has 0 atom stereocenters. The van der Waals surface area contributed by atoms with Gasteiger partial charge in [-0.25, -0.2) is 4.98 Å². The van der Waals surface area contributed by atoms with Crippen LogP contribution in [-0.2, 0) is 10.3 Å². The minimum Gasteiger partial charge on any atom is -0.405 e. The molecule has 1 aliphatic heterocycles. The van der Waals surface area contributed by atoms with Crippen LogP contribution in [0.25, 0.3) is 0 Å². The molecule has 1 aromatic heterocycles. The molecule has 0 radical (unpaired) electrons. The molecule has 150 valence electrons. The summed E-state index contributed by atoms with van der Waals surface area (Å²) in [6.07, 6.45) is 7.42.